The van der Waals surface area contributed by atoms with E-state index in [0.29, 0.717) is 12.1 Å². The molecule has 2 aromatic rings. The number of hydrazone groups is 1. The van der Waals surface area contributed by atoms with E-state index in [1.165, 1.54) is 24.3 Å². The van der Waals surface area contributed by atoms with Crippen LogP contribution in [-0.2, 0) is 6.18 Å². The maximum Gasteiger partial charge on any atom is 0.416 e. The van der Waals surface area contributed by atoms with Gasteiger partial charge in [0.2, 0.25) is 0 Å². The van der Waals surface area contributed by atoms with E-state index in [-0.39, 0.29) is 17.0 Å². The number of para-hydroxylation sites is 1. The summed E-state index contributed by atoms with van der Waals surface area (Å²) >= 11 is 0. The zero-order valence-corrected chi connectivity index (χ0v) is 12.7. The number of halogens is 5. The standard InChI is InChI=1S/C15H10F5N3O3/c16-14(17)26-13-4-2-1-3-9(13)8-21-22-11-6-5-10(15(18,19)20)7-12(11)23(24)25/h1-8,14,22H. The maximum absolute atomic E-state index is 12.6. The fourth-order valence-electron chi connectivity index (χ4n) is 1.92. The van der Waals surface area contributed by atoms with Crippen LogP contribution in [0, 0.1) is 10.1 Å². The van der Waals surface area contributed by atoms with Gasteiger partial charge in [-0.15, -0.1) is 0 Å². The molecule has 1 N–H and O–H groups in total. The Balaban J connectivity index is 2.24. The van der Waals surface area contributed by atoms with E-state index in [2.05, 4.69) is 15.3 Å². The molecule has 0 unspecified atom stereocenters. The van der Waals surface area contributed by atoms with Crippen molar-refractivity contribution in [1.82, 2.24) is 0 Å². The van der Waals surface area contributed by atoms with E-state index in [1.807, 2.05) is 0 Å². The van der Waals surface area contributed by atoms with Gasteiger partial charge in [-0.2, -0.15) is 27.1 Å². The monoisotopic (exact) mass is 375 g/mol. The number of ether oxygens (including phenoxy) is 1. The first kappa shape index (κ1) is 19.1. The zero-order chi connectivity index (χ0) is 19.3. The lowest BCUT2D eigenvalue weighted by molar-refractivity contribution is -0.384. The molecule has 0 bridgehead atoms. The van der Waals surface area contributed by atoms with E-state index in [0.717, 1.165) is 12.3 Å². The Hall–Kier alpha value is -3.24. The average Bonchev–Trinajstić information content (AvgIpc) is 2.55. The topological polar surface area (TPSA) is 76.8 Å². The van der Waals surface area contributed by atoms with Gasteiger partial charge >= 0.3 is 12.8 Å². The number of nitrogens with zero attached hydrogens (tertiary/aromatic N) is 2. The quantitative estimate of drug-likeness (QED) is 0.345. The molecule has 0 saturated heterocycles. The number of benzene rings is 2. The molecular formula is C15H10F5N3O3. The number of rotatable bonds is 6. The van der Waals surface area contributed by atoms with Gasteiger partial charge in [-0.3, -0.25) is 15.5 Å². The van der Waals surface area contributed by atoms with Crippen LogP contribution in [0.3, 0.4) is 0 Å². The van der Waals surface area contributed by atoms with Crippen molar-refractivity contribution in [2.75, 3.05) is 5.43 Å². The van der Waals surface area contributed by atoms with E-state index in [1.54, 1.807) is 0 Å². The summed E-state index contributed by atoms with van der Waals surface area (Å²) in [7, 11) is 0. The van der Waals surface area contributed by atoms with E-state index in [4.69, 9.17) is 0 Å². The molecule has 26 heavy (non-hydrogen) atoms. The molecule has 0 atom stereocenters. The van der Waals surface area contributed by atoms with E-state index in [9.17, 15) is 32.1 Å². The highest BCUT2D eigenvalue weighted by Gasteiger charge is 2.33. The van der Waals surface area contributed by atoms with Gasteiger partial charge in [-0.25, -0.2) is 0 Å². The normalized spacial score (nSPS) is 11.8. The molecule has 0 aliphatic carbocycles. The second-order valence-electron chi connectivity index (χ2n) is 4.77. The molecule has 0 radical (unpaired) electrons. The van der Waals surface area contributed by atoms with Crippen LogP contribution in [0.2, 0.25) is 0 Å². The third-order valence-electron chi connectivity index (χ3n) is 3.05. The molecular weight excluding hydrogens is 365 g/mol. The van der Waals surface area contributed by atoms with Crippen molar-refractivity contribution >= 4 is 17.6 Å². The summed E-state index contributed by atoms with van der Waals surface area (Å²) in [5.41, 5.74) is 0.0297. The van der Waals surface area contributed by atoms with E-state index < -0.39 is 29.0 Å². The maximum atomic E-state index is 12.6. The minimum absolute atomic E-state index is 0.134. The summed E-state index contributed by atoms with van der Waals surface area (Å²) < 4.78 is 66.8. The smallest absolute Gasteiger partial charge is 0.416 e. The third-order valence-corrected chi connectivity index (χ3v) is 3.05. The number of nitro groups is 1. The Morgan fingerprint density at radius 2 is 1.88 bits per heavy atom. The molecule has 0 aliphatic heterocycles. The molecule has 11 heteroatoms. The van der Waals surface area contributed by atoms with Crippen molar-refractivity contribution in [2.45, 2.75) is 12.8 Å². The summed E-state index contributed by atoms with van der Waals surface area (Å²) in [5, 5.41) is 14.6. The van der Waals surface area contributed by atoms with Crippen molar-refractivity contribution in [3.8, 4) is 5.75 Å². The van der Waals surface area contributed by atoms with Gasteiger partial charge in [0.1, 0.15) is 11.4 Å². The zero-order valence-electron chi connectivity index (χ0n) is 12.7. The van der Waals surface area contributed by atoms with Gasteiger partial charge in [-0.05, 0) is 24.3 Å². The first-order chi connectivity index (χ1) is 12.2. The lowest BCUT2D eigenvalue weighted by Gasteiger charge is -2.09. The SMILES string of the molecule is O=[N+]([O-])c1cc(C(F)(F)F)ccc1NN=Cc1ccccc1OC(F)F. The van der Waals surface area contributed by atoms with Crippen molar-refractivity contribution in [1.29, 1.82) is 0 Å². The van der Waals surface area contributed by atoms with Gasteiger partial charge in [0.15, 0.2) is 0 Å². The minimum atomic E-state index is -4.74. The highest BCUT2D eigenvalue weighted by molar-refractivity contribution is 5.84. The van der Waals surface area contributed by atoms with Crippen LogP contribution in [0.5, 0.6) is 5.75 Å². The largest absolute Gasteiger partial charge is 0.434 e. The molecule has 0 saturated carbocycles. The van der Waals surface area contributed by atoms with Crippen LogP contribution in [0.25, 0.3) is 0 Å². The Morgan fingerprint density at radius 1 is 1.19 bits per heavy atom. The van der Waals surface area contributed by atoms with Crippen molar-refractivity contribution in [3.05, 3.63) is 63.7 Å². The summed E-state index contributed by atoms with van der Waals surface area (Å²) in [6, 6.07) is 7.48. The Kier molecular flexibility index (Phi) is 5.70. The Labute approximate surface area is 143 Å². The predicted octanol–water partition coefficient (Wildman–Crippen LogP) is 4.66. The fourth-order valence-corrected chi connectivity index (χ4v) is 1.92. The second kappa shape index (κ2) is 7.76. The van der Waals surface area contributed by atoms with Crippen molar-refractivity contribution in [3.63, 3.8) is 0 Å². The van der Waals surface area contributed by atoms with Crippen LogP contribution in [-0.4, -0.2) is 17.7 Å². The van der Waals surface area contributed by atoms with Crippen molar-refractivity contribution < 1.29 is 31.6 Å². The number of alkyl halides is 5. The molecule has 2 rings (SSSR count). The molecule has 0 amide bonds. The van der Waals surface area contributed by atoms with Gasteiger partial charge in [0.25, 0.3) is 5.69 Å². The molecule has 2 aromatic carbocycles. The fraction of sp³-hybridized carbons (Fsp3) is 0.133. The number of hydrogen-bond acceptors (Lipinski definition) is 5. The Morgan fingerprint density at radius 3 is 2.50 bits per heavy atom. The molecule has 0 aromatic heterocycles. The summed E-state index contributed by atoms with van der Waals surface area (Å²) in [4.78, 5) is 9.95. The molecule has 0 heterocycles. The van der Waals surface area contributed by atoms with Crippen LogP contribution in [0.1, 0.15) is 11.1 Å². The summed E-state index contributed by atoms with van der Waals surface area (Å²) in [5.74, 6) is -0.185. The number of nitrogens with one attached hydrogen (secondary N) is 1. The summed E-state index contributed by atoms with van der Waals surface area (Å²) in [6.07, 6.45) is -3.70. The third kappa shape index (κ3) is 4.88. The average molecular weight is 375 g/mol. The van der Waals surface area contributed by atoms with Gasteiger partial charge in [0, 0.05) is 11.6 Å². The second-order valence-corrected chi connectivity index (χ2v) is 4.77. The van der Waals surface area contributed by atoms with Crippen LogP contribution < -0.4 is 10.2 Å². The Bertz CT molecular complexity index is 824. The van der Waals surface area contributed by atoms with Gasteiger partial charge < -0.3 is 4.74 Å². The summed E-state index contributed by atoms with van der Waals surface area (Å²) in [6.45, 7) is -3.06. The molecule has 0 fully saturated rings. The highest BCUT2D eigenvalue weighted by atomic mass is 19.4. The van der Waals surface area contributed by atoms with E-state index >= 15 is 0 Å². The number of nitro benzene ring substituents is 1. The molecule has 6 nitrogen and oxygen atoms in total. The first-order valence-electron chi connectivity index (χ1n) is 6.87. The van der Waals surface area contributed by atoms with Gasteiger partial charge in [-0.1, -0.05) is 12.1 Å². The van der Waals surface area contributed by atoms with Crippen molar-refractivity contribution in [2.24, 2.45) is 5.10 Å². The lowest BCUT2D eigenvalue weighted by Crippen LogP contribution is -2.07. The molecule has 0 spiro atoms. The molecule has 0 aliphatic rings. The van der Waals surface area contributed by atoms with Crippen LogP contribution in [0.4, 0.5) is 33.3 Å². The number of hydrogen-bond donors (Lipinski definition) is 1. The predicted molar refractivity (Wildman–Crippen MR) is 82.4 cm³/mol. The number of anilines is 1. The van der Waals surface area contributed by atoms with Gasteiger partial charge in [0.05, 0.1) is 16.7 Å². The van der Waals surface area contributed by atoms with Crippen LogP contribution in [0.15, 0.2) is 47.6 Å². The molecule has 138 valence electrons. The van der Waals surface area contributed by atoms with Crippen LogP contribution >= 0.6 is 0 Å². The highest BCUT2D eigenvalue weighted by Crippen LogP contribution is 2.35. The minimum Gasteiger partial charge on any atom is -0.434 e. The first-order valence-corrected chi connectivity index (χ1v) is 6.87. The lowest BCUT2D eigenvalue weighted by atomic mass is 10.1.